The average Bonchev–Trinajstić information content (AvgIpc) is 3.04. The van der Waals surface area contributed by atoms with Gasteiger partial charge in [0.25, 0.3) is 5.82 Å². The highest BCUT2D eigenvalue weighted by molar-refractivity contribution is 5.85. The Morgan fingerprint density at radius 2 is 1.89 bits per heavy atom. The van der Waals surface area contributed by atoms with Gasteiger partial charge in [0.1, 0.15) is 12.3 Å². The van der Waals surface area contributed by atoms with Crippen molar-refractivity contribution in [3.8, 4) is 17.1 Å². The van der Waals surface area contributed by atoms with Gasteiger partial charge in [0.15, 0.2) is 22.2 Å². The number of imidazole rings is 1. The van der Waals surface area contributed by atoms with Gasteiger partial charge in [-0.25, -0.2) is 14.3 Å². The van der Waals surface area contributed by atoms with E-state index < -0.39 is 5.63 Å². The van der Waals surface area contributed by atoms with E-state index in [0.29, 0.717) is 29.1 Å². The lowest BCUT2D eigenvalue weighted by molar-refractivity contribution is -0.910. The third-order valence-corrected chi connectivity index (χ3v) is 5.52. The number of aryl methyl sites for hydroxylation is 1. The van der Waals surface area contributed by atoms with Gasteiger partial charge in [-0.15, -0.1) is 0 Å². The molecular weight excluding hydrogens is 354 g/mol. The summed E-state index contributed by atoms with van der Waals surface area (Å²) >= 11 is 0. The first-order valence-corrected chi connectivity index (χ1v) is 9.62. The molecule has 144 valence electrons. The molecule has 0 saturated carbocycles. The number of rotatable bonds is 5. The molecule has 0 radical (unpaired) electrons. The Bertz CT molecular complexity index is 1220. The number of benzene rings is 2. The molecule has 28 heavy (non-hydrogen) atoms. The molecule has 6 heteroatoms. The summed E-state index contributed by atoms with van der Waals surface area (Å²) in [6, 6.07) is 13.2. The van der Waals surface area contributed by atoms with Crippen LogP contribution in [0.3, 0.4) is 0 Å². The van der Waals surface area contributed by atoms with Gasteiger partial charge in [0.05, 0.1) is 25.7 Å². The first kappa shape index (κ1) is 18.3. The molecule has 0 aliphatic heterocycles. The van der Waals surface area contributed by atoms with E-state index in [2.05, 4.69) is 18.8 Å². The van der Waals surface area contributed by atoms with Gasteiger partial charge in [-0.1, -0.05) is 12.1 Å². The van der Waals surface area contributed by atoms with Crippen molar-refractivity contribution in [1.82, 2.24) is 4.98 Å². The number of quaternary nitrogens is 1. The maximum atomic E-state index is 12.9. The van der Waals surface area contributed by atoms with E-state index >= 15 is 0 Å². The summed E-state index contributed by atoms with van der Waals surface area (Å²) in [7, 11) is 1.92. The van der Waals surface area contributed by atoms with Crippen LogP contribution in [0.25, 0.3) is 33.4 Å². The van der Waals surface area contributed by atoms with Crippen LogP contribution in [0.1, 0.15) is 19.4 Å². The Hall–Kier alpha value is -3.12. The summed E-state index contributed by atoms with van der Waals surface area (Å²) in [5, 5.41) is 11.2. The predicted octanol–water partition coefficient (Wildman–Crippen LogP) is 1.90. The van der Waals surface area contributed by atoms with Crippen LogP contribution in [0, 0.1) is 0 Å². The van der Waals surface area contributed by atoms with E-state index in [0.717, 1.165) is 29.5 Å². The van der Waals surface area contributed by atoms with Crippen molar-refractivity contribution in [3.05, 3.63) is 58.4 Å². The van der Waals surface area contributed by atoms with Crippen molar-refractivity contribution < 1.29 is 19.0 Å². The fraction of sp³-hybridized carbons (Fsp3) is 0.273. The fourth-order valence-electron chi connectivity index (χ4n) is 3.77. The molecule has 0 aliphatic carbocycles. The topological polar surface area (TPSA) is 74.6 Å². The van der Waals surface area contributed by atoms with Crippen molar-refractivity contribution >= 4 is 22.0 Å². The molecular formula is C22H25N3O3+2. The molecule has 0 atom stereocenters. The third kappa shape index (κ3) is 2.96. The number of phenols is 1. The van der Waals surface area contributed by atoms with Crippen molar-refractivity contribution in [2.75, 3.05) is 13.1 Å². The number of fused-ring (bicyclic) bond motifs is 2. The molecule has 2 aromatic carbocycles. The summed E-state index contributed by atoms with van der Waals surface area (Å²) in [4.78, 5) is 17.5. The van der Waals surface area contributed by atoms with Gasteiger partial charge in [-0.05, 0) is 44.2 Å². The molecule has 0 saturated heterocycles. The van der Waals surface area contributed by atoms with Crippen LogP contribution in [0.4, 0.5) is 0 Å². The molecule has 6 nitrogen and oxygen atoms in total. The number of H-pyrrole nitrogens is 1. The van der Waals surface area contributed by atoms with Crippen LogP contribution in [0.2, 0.25) is 0 Å². The van der Waals surface area contributed by atoms with E-state index in [4.69, 9.17) is 4.42 Å². The van der Waals surface area contributed by atoms with E-state index in [1.165, 1.54) is 4.90 Å². The molecule has 0 unspecified atom stereocenters. The number of para-hydroxylation sites is 2. The van der Waals surface area contributed by atoms with Crippen molar-refractivity contribution in [2.24, 2.45) is 7.05 Å². The molecule has 2 aromatic heterocycles. The average molecular weight is 379 g/mol. The van der Waals surface area contributed by atoms with E-state index in [1.807, 2.05) is 41.9 Å². The maximum Gasteiger partial charge on any atom is 0.352 e. The van der Waals surface area contributed by atoms with Gasteiger partial charge >= 0.3 is 5.63 Å². The minimum absolute atomic E-state index is 0.166. The first-order chi connectivity index (χ1) is 13.5. The van der Waals surface area contributed by atoms with E-state index in [1.54, 1.807) is 12.1 Å². The van der Waals surface area contributed by atoms with Crippen LogP contribution in [-0.2, 0) is 13.6 Å². The zero-order valence-corrected chi connectivity index (χ0v) is 16.4. The summed E-state index contributed by atoms with van der Waals surface area (Å²) in [5.41, 5.74) is 3.16. The Balaban J connectivity index is 1.91. The van der Waals surface area contributed by atoms with E-state index in [9.17, 15) is 9.90 Å². The van der Waals surface area contributed by atoms with Crippen molar-refractivity contribution in [1.29, 1.82) is 0 Å². The highest BCUT2D eigenvalue weighted by Gasteiger charge is 2.23. The predicted molar refractivity (Wildman–Crippen MR) is 108 cm³/mol. The first-order valence-electron chi connectivity index (χ1n) is 9.62. The lowest BCUT2D eigenvalue weighted by Crippen LogP contribution is -3.10. The summed E-state index contributed by atoms with van der Waals surface area (Å²) in [5.74, 6) is 0.861. The molecule has 0 fully saturated rings. The highest BCUT2D eigenvalue weighted by Crippen LogP contribution is 2.28. The minimum atomic E-state index is -0.420. The molecule has 0 spiro atoms. The summed E-state index contributed by atoms with van der Waals surface area (Å²) in [6.45, 7) is 6.67. The number of aromatic hydroxyl groups is 1. The third-order valence-electron chi connectivity index (χ3n) is 5.52. The van der Waals surface area contributed by atoms with Gasteiger partial charge < -0.3 is 14.4 Å². The molecule has 0 bridgehead atoms. The van der Waals surface area contributed by atoms with Crippen molar-refractivity contribution in [2.45, 2.75) is 20.4 Å². The second kappa shape index (κ2) is 7.13. The number of aromatic amines is 1. The van der Waals surface area contributed by atoms with Crippen LogP contribution in [0.15, 0.2) is 51.7 Å². The maximum absolute atomic E-state index is 12.9. The van der Waals surface area contributed by atoms with Gasteiger partial charge in [0.2, 0.25) is 0 Å². The molecule has 0 aliphatic rings. The Labute approximate surface area is 162 Å². The standard InChI is InChI=1S/C22H23N3O3/c1-4-25(5-2)13-16-19(26)11-10-14-12-15(22(27)28-20(14)16)21-23-17-8-6-7-9-18(17)24(21)3/h6-12H,4-5,13H2,1-3H3,(H,23,26,27)/p+2. The quantitative estimate of drug-likeness (QED) is 0.366. The number of aromatic nitrogens is 2. The molecule has 2 heterocycles. The second-order valence-corrected chi connectivity index (χ2v) is 7.11. The SMILES string of the molecule is CC[NH+](CC)Cc1c(O)ccc2cc(-c3[nH]c4ccccc4[n+]3C)c(=O)oc12. The lowest BCUT2D eigenvalue weighted by Gasteiger charge is -2.16. The molecule has 4 rings (SSSR count). The fourth-order valence-corrected chi connectivity index (χ4v) is 3.77. The van der Waals surface area contributed by atoms with Gasteiger partial charge in [0, 0.05) is 5.39 Å². The van der Waals surface area contributed by atoms with Crippen LogP contribution in [0.5, 0.6) is 5.75 Å². The number of hydrogen-bond donors (Lipinski definition) is 3. The largest absolute Gasteiger partial charge is 0.507 e. The van der Waals surface area contributed by atoms with Crippen LogP contribution < -0.4 is 15.1 Å². The van der Waals surface area contributed by atoms with Crippen LogP contribution >= 0.6 is 0 Å². The Kier molecular flexibility index (Phi) is 4.65. The van der Waals surface area contributed by atoms with Gasteiger partial charge in [-0.3, -0.25) is 0 Å². The van der Waals surface area contributed by atoms with Gasteiger partial charge in [-0.2, -0.15) is 0 Å². The smallest absolute Gasteiger partial charge is 0.352 e. The molecule has 4 aromatic rings. The monoisotopic (exact) mass is 379 g/mol. The zero-order chi connectivity index (χ0) is 19.8. The normalized spacial score (nSPS) is 11.7. The van der Waals surface area contributed by atoms with E-state index in [-0.39, 0.29) is 5.75 Å². The Morgan fingerprint density at radius 1 is 1.14 bits per heavy atom. The zero-order valence-electron chi connectivity index (χ0n) is 16.4. The van der Waals surface area contributed by atoms with Crippen molar-refractivity contribution in [3.63, 3.8) is 0 Å². The number of nitrogens with zero attached hydrogens (tertiary/aromatic N) is 1. The number of nitrogens with one attached hydrogen (secondary N) is 2. The molecule has 0 amide bonds. The Morgan fingerprint density at radius 3 is 2.61 bits per heavy atom. The number of phenolic OH excluding ortho intramolecular Hbond substituents is 1. The highest BCUT2D eigenvalue weighted by atomic mass is 16.4. The minimum Gasteiger partial charge on any atom is -0.507 e. The lowest BCUT2D eigenvalue weighted by atomic mass is 10.1. The summed E-state index contributed by atoms with van der Waals surface area (Å²) in [6.07, 6.45) is 0. The van der Waals surface area contributed by atoms with Crippen LogP contribution in [-0.4, -0.2) is 23.2 Å². The molecule has 3 N–H and O–H groups in total. The summed E-state index contributed by atoms with van der Waals surface area (Å²) < 4.78 is 7.69. The second-order valence-electron chi connectivity index (χ2n) is 7.11. The number of hydrogen-bond acceptors (Lipinski definition) is 3.